The minimum absolute atomic E-state index is 0.0239. The van der Waals surface area contributed by atoms with Gasteiger partial charge in [-0.2, -0.15) is 0 Å². The first kappa shape index (κ1) is 19.2. The maximum Gasteiger partial charge on any atom is 0.260 e. The van der Waals surface area contributed by atoms with Crippen LogP contribution >= 0.6 is 0 Å². The largest absolute Gasteiger partial charge is 0.370 e. The fraction of sp³-hybridized carbons (Fsp3) is 0.280. The molecule has 0 N–H and O–H groups in total. The standard InChI is InChI=1S/C25H27N3O/c29-25(22-17-24(19-26-18-22)27-15-9-1-2-10-16-27)28(23-13-7-4-8-14-23)20-21-11-5-3-6-12-21/h3-8,11-14,17-19H,1-2,9-10,15-16,20H2. The minimum Gasteiger partial charge on any atom is -0.370 e. The summed E-state index contributed by atoms with van der Waals surface area (Å²) in [5.41, 5.74) is 3.67. The van der Waals surface area contributed by atoms with E-state index in [-0.39, 0.29) is 5.91 Å². The number of hydrogen-bond acceptors (Lipinski definition) is 3. The topological polar surface area (TPSA) is 36.4 Å². The van der Waals surface area contributed by atoms with Gasteiger partial charge in [0, 0.05) is 25.0 Å². The van der Waals surface area contributed by atoms with Gasteiger partial charge in [-0.05, 0) is 36.6 Å². The summed E-state index contributed by atoms with van der Waals surface area (Å²) in [6.07, 6.45) is 8.52. The van der Waals surface area contributed by atoms with E-state index in [1.165, 1.54) is 25.7 Å². The molecule has 1 aliphatic heterocycles. The number of para-hydroxylation sites is 1. The van der Waals surface area contributed by atoms with Gasteiger partial charge in [-0.3, -0.25) is 9.78 Å². The Bertz CT molecular complexity index is 919. The Hall–Kier alpha value is -3.14. The van der Waals surface area contributed by atoms with Crippen molar-refractivity contribution in [2.24, 2.45) is 0 Å². The molecule has 0 unspecified atom stereocenters. The monoisotopic (exact) mass is 385 g/mol. The zero-order chi connectivity index (χ0) is 19.9. The summed E-state index contributed by atoms with van der Waals surface area (Å²) in [6, 6.07) is 22.0. The van der Waals surface area contributed by atoms with Crippen LogP contribution in [0.5, 0.6) is 0 Å². The number of benzene rings is 2. The summed E-state index contributed by atoms with van der Waals surface area (Å²) >= 11 is 0. The third-order valence-corrected chi connectivity index (χ3v) is 5.44. The van der Waals surface area contributed by atoms with Crippen molar-refractivity contribution >= 4 is 17.3 Å². The third-order valence-electron chi connectivity index (χ3n) is 5.44. The first-order valence-electron chi connectivity index (χ1n) is 10.4. The number of pyridine rings is 1. The van der Waals surface area contributed by atoms with Crippen LogP contribution in [0.1, 0.15) is 41.6 Å². The number of hydrogen-bond donors (Lipinski definition) is 0. The van der Waals surface area contributed by atoms with Gasteiger partial charge in [0.25, 0.3) is 5.91 Å². The molecule has 0 radical (unpaired) electrons. The Morgan fingerprint density at radius 3 is 2.21 bits per heavy atom. The van der Waals surface area contributed by atoms with Gasteiger partial charge in [0.05, 0.1) is 24.0 Å². The fourth-order valence-corrected chi connectivity index (χ4v) is 3.86. The van der Waals surface area contributed by atoms with Crippen LogP contribution < -0.4 is 9.80 Å². The molecule has 1 saturated heterocycles. The molecule has 148 valence electrons. The van der Waals surface area contributed by atoms with Gasteiger partial charge >= 0.3 is 0 Å². The molecule has 0 saturated carbocycles. The molecule has 29 heavy (non-hydrogen) atoms. The van der Waals surface area contributed by atoms with E-state index in [2.05, 4.69) is 22.0 Å². The second kappa shape index (κ2) is 9.37. The van der Waals surface area contributed by atoms with Crippen LogP contribution in [0.25, 0.3) is 0 Å². The van der Waals surface area contributed by atoms with Gasteiger partial charge in [0.2, 0.25) is 0 Å². The molecule has 1 aliphatic rings. The average molecular weight is 386 g/mol. The minimum atomic E-state index is -0.0239. The molecule has 4 heteroatoms. The van der Waals surface area contributed by atoms with Crippen LogP contribution in [-0.4, -0.2) is 24.0 Å². The highest BCUT2D eigenvalue weighted by atomic mass is 16.2. The summed E-state index contributed by atoms with van der Waals surface area (Å²) in [5.74, 6) is -0.0239. The molecule has 0 atom stereocenters. The van der Waals surface area contributed by atoms with Gasteiger partial charge in [-0.15, -0.1) is 0 Å². The lowest BCUT2D eigenvalue weighted by Crippen LogP contribution is -2.31. The Labute approximate surface area is 172 Å². The second-order valence-corrected chi connectivity index (χ2v) is 7.55. The Morgan fingerprint density at radius 2 is 1.52 bits per heavy atom. The fourth-order valence-electron chi connectivity index (χ4n) is 3.86. The maximum atomic E-state index is 13.5. The highest BCUT2D eigenvalue weighted by molar-refractivity contribution is 6.06. The summed E-state index contributed by atoms with van der Waals surface area (Å²) in [4.78, 5) is 22.1. The maximum absolute atomic E-state index is 13.5. The summed E-state index contributed by atoms with van der Waals surface area (Å²) in [6.45, 7) is 2.59. The highest BCUT2D eigenvalue weighted by Gasteiger charge is 2.20. The second-order valence-electron chi connectivity index (χ2n) is 7.55. The summed E-state index contributed by atoms with van der Waals surface area (Å²) in [7, 11) is 0. The van der Waals surface area contributed by atoms with Crippen molar-refractivity contribution < 1.29 is 4.79 Å². The molecule has 2 heterocycles. The van der Waals surface area contributed by atoms with E-state index in [9.17, 15) is 4.79 Å². The first-order valence-corrected chi connectivity index (χ1v) is 10.4. The van der Waals surface area contributed by atoms with E-state index in [1.807, 2.05) is 65.7 Å². The van der Waals surface area contributed by atoms with Crippen LogP contribution in [0.15, 0.2) is 79.1 Å². The van der Waals surface area contributed by atoms with E-state index in [0.717, 1.165) is 30.0 Å². The molecule has 4 nitrogen and oxygen atoms in total. The predicted octanol–water partition coefficient (Wildman–Crippen LogP) is 5.31. The van der Waals surface area contributed by atoms with Crippen LogP contribution in [-0.2, 0) is 6.54 Å². The van der Waals surface area contributed by atoms with Crippen LogP contribution in [0.4, 0.5) is 11.4 Å². The normalized spacial score (nSPS) is 14.3. The quantitative estimate of drug-likeness (QED) is 0.597. The number of nitrogens with zero attached hydrogens (tertiary/aromatic N) is 3. The van der Waals surface area contributed by atoms with Gasteiger partial charge in [-0.1, -0.05) is 61.4 Å². The van der Waals surface area contributed by atoms with Crippen LogP contribution in [0, 0.1) is 0 Å². The number of anilines is 2. The number of carbonyl (C=O) groups excluding carboxylic acids is 1. The zero-order valence-electron chi connectivity index (χ0n) is 16.7. The Balaban J connectivity index is 1.62. The molecule has 0 bridgehead atoms. The Kier molecular flexibility index (Phi) is 6.20. The SMILES string of the molecule is O=C(c1cncc(N2CCCCCC2)c1)N(Cc1ccccc1)c1ccccc1. The molecule has 1 fully saturated rings. The van der Waals surface area contributed by atoms with Crippen molar-refractivity contribution in [3.63, 3.8) is 0 Å². The summed E-state index contributed by atoms with van der Waals surface area (Å²) in [5, 5.41) is 0. The number of amides is 1. The number of aromatic nitrogens is 1. The molecular weight excluding hydrogens is 358 g/mol. The molecule has 1 aromatic heterocycles. The van der Waals surface area contributed by atoms with E-state index < -0.39 is 0 Å². The molecular formula is C25H27N3O. The van der Waals surface area contributed by atoms with Gasteiger partial charge < -0.3 is 9.80 Å². The molecule has 2 aromatic carbocycles. The molecule has 4 rings (SSSR count). The van der Waals surface area contributed by atoms with E-state index in [0.29, 0.717) is 12.1 Å². The molecule has 1 amide bonds. The van der Waals surface area contributed by atoms with Gasteiger partial charge in [0.15, 0.2) is 0 Å². The smallest absolute Gasteiger partial charge is 0.260 e. The lowest BCUT2D eigenvalue weighted by Gasteiger charge is -2.25. The van der Waals surface area contributed by atoms with Crippen molar-refractivity contribution in [1.82, 2.24) is 4.98 Å². The van der Waals surface area contributed by atoms with Gasteiger partial charge in [-0.25, -0.2) is 0 Å². The van der Waals surface area contributed by atoms with Crippen molar-refractivity contribution in [3.05, 3.63) is 90.3 Å². The van der Waals surface area contributed by atoms with Crippen molar-refractivity contribution in [1.29, 1.82) is 0 Å². The highest BCUT2D eigenvalue weighted by Crippen LogP contribution is 2.23. The van der Waals surface area contributed by atoms with Crippen molar-refractivity contribution in [3.8, 4) is 0 Å². The van der Waals surface area contributed by atoms with Crippen molar-refractivity contribution in [2.45, 2.75) is 32.2 Å². The predicted molar refractivity (Wildman–Crippen MR) is 118 cm³/mol. The van der Waals surface area contributed by atoms with E-state index in [4.69, 9.17) is 0 Å². The zero-order valence-corrected chi connectivity index (χ0v) is 16.7. The van der Waals surface area contributed by atoms with Crippen LogP contribution in [0.2, 0.25) is 0 Å². The molecule has 0 aliphatic carbocycles. The van der Waals surface area contributed by atoms with Crippen LogP contribution in [0.3, 0.4) is 0 Å². The number of carbonyl (C=O) groups is 1. The Morgan fingerprint density at radius 1 is 0.862 bits per heavy atom. The summed E-state index contributed by atoms with van der Waals surface area (Å²) < 4.78 is 0. The third kappa shape index (κ3) is 4.83. The molecule has 3 aromatic rings. The van der Waals surface area contributed by atoms with Gasteiger partial charge in [0.1, 0.15) is 0 Å². The van der Waals surface area contributed by atoms with E-state index >= 15 is 0 Å². The van der Waals surface area contributed by atoms with Crippen molar-refractivity contribution in [2.75, 3.05) is 22.9 Å². The average Bonchev–Trinajstić information content (AvgIpc) is 3.08. The number of rotatable bonds is 5. The molecule has 0 spiro atoms. The lowest BCUT2D eigenvalue weighted by molar-refractivity contribution is 0.0985. The van der Waals surface area contributed by atoms with E-state index in [1.54, 1.807) is 6.20 Å². The first-order chi connectivity index (χ1) is 14.3. The lowest BCUT2D eigenvalue weighted by atomic mass is 10.1.